The van der Waals surface area contributed by atoms with Crippen molar-refractivity contribution in [3.8, 4) is 0 Å². The second-order valence-electron chi connectivity index (χ2n) is 5.49. The molecule has 17 heavy (non-hydrogen) atoms. The molecule has 0 spiro atoms. The molecule has 0 aromatic rings. The van der Waals surface area contributed by atoms with Gasteiger partial charge in [-0.2, -0.15) is 0 Å². The molecule has 1 aliphatic rings. The molecule has 0 radical (unpaired) electrons. The summed E-state index contributed by atoms with van der Waals surface area (Å²) in [5.74, 6) is 0. The van der Waals surface area contributed by atoms with Crippen molar-refractivity contribution < 1.29 is 4.74 Å². The maximum Gasteiger partial charge on any atom is 0.0474 e. The summed E-state index contributed by atoms with van der Waals surface area (Å²) >= 11 is 0. The SMILES string of the molecule is CNC1(CCN(C)CCCOC)CCCCC1. The summed E-state index contributed by atoms with van der Waals surface area (Å²) in [5.41, 5.74) is 0.424. The quantitative estimate of drug-likeness (QED) is 0.661. The summed E-state index contributed by atoms with van der Waals surface area (Å²) in [6, 6.07) is 0. The van der Waals surface area contributed by atoms with E-state index >= 15 is 0 Å². The first-order valence-electron chi connectivity index (χ1n) is 7.09. The van der Waals surface area contributed by atoms with Crippen molar-refractivity contribution in [1.82, 2.24) is 10.2 Å². The lowest BCUT2D eigenvalue weighted by atomic mass is 9.79. The van der Waals surface area contributed by atoms with Crippen LogP contribution >= 0.6 is 0 Å². The summed E-state index contributed by atoms with van der Waals surface area (Å²) in [7, 11) is 6.14. The molecule has 102 valence electrons. The maximum absolute atomic E-state index is 5.09. The second kappa shape index (κ2) is 8.06. The van der Waals surface area contributed by atoms with E-state index in [0.29, 0.717) is 5.54 Å². The number of hydrogen-bond acceptors (Lipinski definition) is 3. The number of ether oxygens (including phenoxy) is 1. The van der Waals surface area contributed by atoms with Crippen LogP contribution in [-0.2, 0) is 4.74 Å². The minimum absolute atomic E-state index is 0.424. The van der Waals surface area contributed by atoms with E-state index in [1.54, 1.807) is 7.11 Å². The van der Waals surface area contributed by atoms with E-state index in [2.05, 4.69) is 24.3 Å². The zero-order valence-electron chi connectivity index (χ0n) is 11.9. The second-order valence-corrected chi connectivity index (χ2v) is 5.49. The van der Waals surface area contributed by atoms with Crippen LogP contribution in [0.5, 0.6) is 0 Å². The van der Waals surface area contributed by atoms with Gasteiger partial charge in [0.1, 0.15) is 0 Å². The van der Waals surface area contributed by atoms with Crippen molar-refractivity contribution in [2.75, 3.05) is 40.9 Å². The Balaban J connectivity index is 2.21. The molecule has 1 saturated carbocycles. The van der Waals surface area contributed by atoms with Gasteiger partial charge in [-0.05, 0) is 46.3 Å². The standard InChI is InChI=1S/C14H30N2O/c1-15-14(8-5-4-6-9-14)10-12-16(2)11-7-13-17-3/h15H,4-13H2,1-3H3. The van der Waals surface area contributed by atoms with Crippen molar-refractivity contribution >= 4 is 0 Å². The van der Waals surface area contributed by atoms with Gasteiger partial charge < -0.3 is 15.0 Å². The van der Waals surface area contributed by atoms with Gasteiger partial charge in [-0.25, -0.2) is 0 Å². The fourth-order valence-electron chi connectivity index (χ4n) is 2.85. The van der Waals surface area contributed by atoms with Gasteiger partial charge >= 0.3 is 0 Å². The average molecular weight is 242 g/mol. The van der Waals surface area contributed by atoms with Gasteiger partial charge in [0, 0.05) is 25.8 Å². The highest BCUT2D eigenvalue weighted by Gasteiger charge is 2.29. The third-order valence-electron chi connectivity index (χ3n) is 4.20. The van der Waals surface area contributed by atoms with Crippen LogP contribution in [0.15, 0.2) is 0 Å². The molecule has 1 N–H and O–H groups in total. The van der Waals surface area contributed by atoms with Gasteiger partial charge in [0.25, 0.3) is 0 Å². The molecular weight excluding hydrogens is 212 g/mol. The largest absolute Gasteiger partial charge is 0.385 e. The highest BCUT2D eigenvalue weighted by molar-refractivity contribution is 4.90. The van der Waals surface area contributed by atoms with E-state index < -0.39 is 0 Å². The Morgan fingerprint density at radius 3 is 2.47 bits per heavy atom. The molecule has 0 atom stereocenters. The first-order valence-corrected chi connectivity index (χ1v) is 7.09. The van der Waals surface area contributed by atoms with Gasteiger partial charge in [-0.15, -0.1) is 0 Å². The molecule has 1 rings (SSSR count). The van der Waals surface area contributed by atoms with Crippen molar-refractivity contribution in [2.45, 2.75) is 50.5 Å². The first-order chi connectivity index (χ1) is 8.22. The predicted molar refractivity (Wildman–Crippen MR) is 73.5 cm³/mol. The Bertz CT molecular complexity index is 191. The van der Waals surface area contributed by atoms with Crippen LogP contribution in [-0.4, -0.2) is 51.3 Å². The number of methoxy groups -OCH3 is 1. The van der Waals surface area contributed by atoms with E-state index in [-0.39, 0.29) is 0 Å². The zero-order valence-corrected chi connectivity index (χ0v) is 11.9. The van der Waals surface area contributed by atoms with Crippen LogP contribution in [0.25, 0.3) is 0 Å². The van der Waals surface area contributed by atoms with Crippen molar-refractivity contribution in [3.63, 3.8) is 0 Å². The van der Waals surface area contributed by atoms with Crippen molar-refractivity contribution in [2.24, 2.45) is 0 Å². The molecule has 0 unspecified atom stereocenters. The monoisotopic (exact) mass is 242 g/mol. The smallest absolute Gasteiger partial charge is 0.0474 e. The Morgan fingerprint density at radius 1 is 1.18 bits per heavy atom. The molecule has 1 aliphatic carbocycles. The Morgan fingerprint density at radius 2 is 1.88 bits per heavy atom. The van der Waals surface area contributed by atoms with Crippen molar-refractivity contribution in [3.05, 3.63) is 0 Å². The van der Waals surface area contributed by atoms with Crippen LogP contribution in [0.1, 0.15) is 44.9 Å². The molecule has 0 aliphatic heterocycles. The Hall–Kier alpha value is -0.120. The maximum atomic E-state index is 5.09. The van der Waals surface area contributed by atoms with Crippen LogP contribution < -0.4 is 5.32 Å². The molecule has 3 nitrogen and oxygen atoms in total. The summed E-state index contributed by atoms with van der Waals surface area (Å²) in [6.07, 6.45) is 9.35. The predicted octanol–water partition coefficient (Wildman–Crippen LogP) is 2.27. The first kappa shape index (κ1) is 14.9. The van der Waals surface area contributed by atoms with Crippen LogP contribution in [0.4, 0.5) is 0 Å². The van der Waals surface area contributed by atoms with Crippen LogP contribution in [0.3, 0.4) is 0 Å². The fourth-order valence-corrected chi connectivity index (χ4v) is 2.85. The minimum Gasteiger partial charge on any atom is -0.385 e. The molecule has 0 aromatic heterocycles. The highest BCUT2D eigenvalue weighted by atomic mass is 16.5. The number of rotatable bonds is 8. The van der Waals surface area contributed by atoms with Crippen LogP contribution in [0.2, 0.25) is 0 Å². The van der Waals surface area contributed by atoms with Gasteiger partial charge in [-0.1, -0.05) is 19.3 Å². The lowest BCUT2D eigenvalue weighted by Crippen LogP contribution is -2.46. The molecule has 0 bridgehead atoms. The number of nitrogens with zero attached hydrogens (tertiary/aromatic N) is 1. The Kier molecular flexibility index (Phi) is 7.09. The number of nitrogens with one attached hydrogen (secondary N) is 1. The lowest BCUT2D eigenvalue weighted by molar-refractivity contribution is 0.166. The summed E-state index contributed by atoms with van der Waals surface area (Å²) < 4.78 is 5.09. The highest BCUT2D eigenvalue weighted by Crippen LogP contribution is 2.30. The lowest BCUT2D eigenvalue weighted by Gasteiger charge is -2.38. The van der Waals surface area contributed by atoms with E-state index in [4.69, 9.17) is 4.74 Å². The van der Waals surface area contributed by atoms with Gasteiger partial charge in [-0.3, -0.25) is 0 Å². The molecular formula is C14H30N2O. The van der Waals surface area contributed by atoms with E-state index in [0.717, 1.165) is 19.6 Å². The number of hydrogen-bond donors (Lipinski definition) is 1. The summed E-state index contributed by atoms with van der Waals surface area (Å²) in [6.45, 7) is 3.22. The van der Waals surface area contributed by atoms with Crippen LogP contribution in [0, 0.1) is 0 Å². The van der Waals surface area contributed by atoms with E-state index in [1.165, 1.54) is 45.1 Å². The fraction of sp³-hybridized carbons (Fsp3) is 1.00. The van der Waals surface area contributed by atoms with Gasteiger partial charge in [0.15, 0.2) is 0 Å². The molecule has 1 fully saturated rings. The van der Waals surface area contributed by atoms with E-state index in [9.17, 15) is 0 Å². The average Bonchev–Trinajstić information content (AvgIpc) is 2.38. The minimum atomic E-state index is 0.424. The topological polar surface area (TPSA) is 24.5 Å². The van der Waals surface area contributed by atoms with Gasteiger partial charge in [0.05, 0.1) is 0 Å². The summed E-state index contributed by atoms with van der Waals surface area (Å²) in [5, 5.41) is 3.59. The molecule has 0 amide bonds. The molecule has 3 heteroatoms. The molecule has 0 saturated heterocycles. The molecule has 0 heterocycles. The molecule has 0 aromatic carbocycles. The Labute approximate surface area is 107 Å². The normalized spacial score (nSPS) is 19.8. The van der Waals surface area contributed by atoms with Crippen molar-refractivity contribution in [1.29, 1.82) is 0 Å². The van der Waals surface area contributed by atoms with Gasteiger partial charge in [0.2, 0.25) is 0 Å². The third-order valence-corrected chi connectivity index (χ3v) is 4.20. The van der Waals surface area contributed by atoms with E-state index in [1.807, 2.05) is 0 Å². The zero-order chi connectivity index (χ0) is 12.6. The summed E-state index contributed by atoms with van der Waals surface area (Å²) in [4.78, 5) is 2.44. The third kappa shape index (κ3) is 5.36.